The number of nitrogens with one attached hydrogen (secondary N) is 1. The second kappa shape index (κ2) is 6.64. The number of piperidine rings is 1. The summed E-state index contributed by atoms with van der Waals surface area (Å²) in [5.41, 5.74) is 3.36. The third-order valence-electron chi connectivity index (χ3n) is 6.43. The van der Waals surface area contributed by atoms with E-state index in [4.69, 9.17) is 11.6 Å². The van der Waals surface area contributed by atoms with Crippen molar-refractivity contribution in [1.29, 1.82) is 0 Å². The van der Waals surface area contributed by atoms with Gasteiger partial charge in [-0.25, -0.2) is 4.98 Å². The number of carbonyl (C=O) groups is 1. The largest absolute Gasteiger partial charge is 0.348 e. The van der Waals surface area contributed by atoms with E-state index in [1.165, 1.54) is 11.3 Å². The number of halogens is 1. The van der Waals surface area contributed by atoms with Gasteiger partial charge in [-0.1, -0.05) is 23.7 Å². The van der Waals surface area contributed by atoms with Gasteiger partial charge in [-0.3, -0.25) is 9.69 Å². The van der Waals surface area contributed by atoms with Crippen molar-refractivity contribution in [2.24, 2.45) is 5.92 Å². The van der Waals surface area contributed by atoms with Crippen molar-refractivity contribution in [3.63, 3.8) is 0 Å². The number of fused-ring (bicyclic) bond motifs is 2. The fourth-order valence-corrected chi connectivity index (χ4v) is 5.04. The van der Waals surface area contributed by atoms with Gasteiger partial charge in [0.1, 0.15) is 0 Å². The molecule has 0 unspecified atom stereocenters. The lowest BCUT2D eigenvalue weighted by atomic mass is 9.78. The van der Waals surface area contributed by atoms with E-state index < -0.39 is 0 Å². The maximum Gasteiger partial charge on any atom is 0.226 e. The molecule has 2 aromatic rings. The molecule has 1 N–H and O–H groups in total. The normalized spacial score (nSPS) is 22.0. The Kier molecular flexibility index (Phi) is 4.25. The molecular weight excluding hydrogens is 360 g/mol. The molecule has 1 aromatic heterocycles. The van der Waals surface area contributed by atoms with E-state index >= 15 is 0 Å². The van der Waals surface area contributed by atoms with Gasteiger partial charge in [-0.15, -0.1) is 0 Å². The molecule has 1 spiro atoms. The van der Waals surface area contributed by atoms with Crippen LogP contribution < -0.4 is 0 Å². The van der Waals surface area contributed by atoms with Crippen molar-refractivity contribution in [3.05, 3.63) is 52.6 Å². The number of nitrogens with zero attached hydrogens (tertiary/aromatic N) is 3. The molecule has 3 aliphatic rings. The molecular formula is C21H25ClN4O. The Hall–Kier alpha value is -1.85. The van der Waals surface area contributed by atoms with E-state index in [0.717, 1.165) is 69.0 Å². The minimum absolute atomic E-state index is 0.224. The zero-order chi connectivity index (χ0) is 18.4. The quantitative estimate of drug-likeness (QED) is 0.882. The average Bonchev–Trinajstić information content (AvgIpc) is 3.41. The van der Waals surface area contributed by atoms with Crippen molar-refractivity contribution in [2.75, 3.05) is 19.6 Å². The van der Waals surface area contributed by atoms with Crippen LogP contribution in [0.4, 0.5) is 0 Å². The van der Waals surface area contributed by atoms with Gasteiger partial charge in [-0.2, -0.15) is 0 Å². The molecule has 1 saturated heterocycles. The number of carbonyl (C=O) groups excluding carboxylic acids is 1. The monoisotopic (exact) mass is 384 g/mol. The molecule has 2 fully saturated rings. The summed E-state index contributed by atoms with van der Waals surface area (Å²) in [5, 5.41) is 0.788. The van der Waals surface area contributed by atoms with Crippen LogP contribution in [0, 0.1) is 5.92 Å². The van der Waals surface area contributed by atoms with Crippen LogP contribution in [0.1, 0.15) is 42.6 Å². The van der Waals surface area contributed by atoms with Crippen molar-refractivity contribution >= 4 is 17.5 Å². The summed E-state index contributed by atoms with van der Waals surface area (Å²) < 4.78 is 0. The van der Waals surface area contributed by atoms with Crippen LogP contribution >= 0.6 is 11.6 Å². The van der Waals surface area contributed by atoms with Crippen LogP contribution in [0.3, 0.4) is 0 Å². The number of hydrogen-bond donors (Lipinski definition) is 1. The van der Waals surface area contributed by atoms with Gasteiger partial charge in [0.2, 0.25) is 5.91 Å². The number of benzene rings is 1. The van der Waals surface area contributed by atoms with Gasteiger partial charge in [0.25, 0.3) is 0 Å². The first-order valence-corrected chi connectivity index (χ1v) is 10.3. The summed E-state index contributed by atoms with van der Waals surface area (Å²) in [6, 6.07) is 8.10. The summed E-state index contributed by atoms with van der Waals surface area (Å²) in [4.78, 5) is 25.7. The van der Waals surface area contributed by atoms with Gasteiger partial charge in [-0.05, 0) is 43.4 Å². The number of H-pyrrole nitrogens is 1. The molecule has 5 rings (SSSR count). The number of rotatable bonds is 3. The molecule has 5 nitrogen and oxygen atoms in total. The second-order valence-electron chi connectivity index (χ2n) is 8.18. The molecule has 1 aliphatic carbocycles. The Bertz CT molecular complexity index is 851. The molecule has 6 heteroatoms. The topological polar surface area (TPSA) is 52.2 Å². The van der Waals surface area contributed by atoms with Crippen molar-refractivity contribution in [1.82, 2.24) is 19.8 Å². The lowest BCUT2D eigenvalue weighted by Crippen LogP contribution is -2.58. The van der Waals surface area contributed by atoms with E-state index in [2.05, 4.69) is 25.8 Å². The second-order valence-corrected chi connectivity index (χ2v) is 8.62. The maximum atomic E-state index is 13.0. The van der Waals surface area contributed by atoms with Gasteiger partial charge in [0, 0.05) is 49.2 Å². The number of imidazole rings is 1. The zero-order valence-electron chi connectivity index (χ0n) is 15.5. The number of aromatic nitrogens is 2. The Labute approximate surface area is 164 Å². The smallest absolute Gasteiger partial charge is 0.226 e. The highest BCUT2D eigenvalue weighted by Crippen LogP contribution is 2.45. The highest BCUT2D eigenvalue weighted by Gasteiger charge is 2.50. The molecule has 2 aliphatic heterocycles. The molecule has 0 bridgehead atoms. The van der Waals surface area contributed by atoms with Crippen LogP contribution in [-0.4, -0.2) is 45.3 Å². The van der Waals surface area contributed by atoms with Crippen LogP contribution in [0.15, 0.2) is 30.6 Å². The lowest BCUT2D eigenvalue weighted by molar-refractivity contribution is -0.143. The zero-order valence-corrected chi connectivity index (χ0v) is 16.2. The summed E-state index contributed by atoms with van der Waals surface area (Å²) >= 11 is 6.14. The molecule has 142 valence electrons. The Morgan fingerprint density at radius 2 is 2.07 bits per heavy atom. The number of amides is 1. The van der Waals surface area contributed by atoms with Gasteiger partial charge < -0.3 is 9.88 Å². The van der Waals surface area contributed by atoms with Crippen molar-refractivity contribution in [2.45, 2.75) is 44.2 Å². The van der Waals surface area contributed by atoms with Gasteiger partial charge >= 0.3 is 0 Å². The molecule has 1 amide bonds. The average molecular weight is 385 g/mol. The first-order chi connectivity index (χ1) is 13.2. The third kappa shape index (κ3) is 3.07. The maximum absolute atomic E-state index is 13.0. The Balaban J connectivity index is 1.37. The van der Waals surface area contributed by atoms with Gasteiger partial charge in [0.15, 0.2) is 0 Å². The van der Waals surface area contributed by atoms with Crippen LogP contribution in [0.25, 0.3) is 0 Å². The fraction of sp³-hybridized carbons (Fsp3) is 0.524. The molecule has 0 radical (unpaired) electrons. The van der Waals surface area contributed by atoms with E-state index in [9.17, 15) is 4.79 Å². The highest BCUT2D eigenvalue weighted by atomic mass is 35.5. The summed E-state index contributed by atoms with van der Waals surface area (Å²) in [7, 11) is 0. The first-order valence-electron chi connectivity index (χ1n) is 9.97. The van der Waals surface area contributed by atoms with Crippen molar-refractivity contribution in [3.8, 4) is 0 Å². The standard InChI is InChI=1S/C21H25ClN4O/c22-17-3-1-2-15(12-17)13-25-10-7-21(8-11-25)19-18(23-14-24-19)6-9-26(21)20(27)16-4-5-16/h1-3,12,14,16H,4-11,13H2,(H,23,24). The van der Waals surface area contributed by atoms with E-state index in [1.807, 2.05) is 18.2 Å². The molecule has 3 heterocycles. The molecule has 0 atom stereocenters. The predicted octanol–water partition coefficient (Wildman–Crippen LogP) is 3.35. The van der Waals surface area contributed by atoms with E-state index in [1.54, 1.807) is 6.33 Å². The summed E-state index contributed by atoms with van der Waals surface area (Å²) in [5.74, 6) is 0.610. The van der Waals surface area contributed by atoms with Gasteiger partial charge in [0.05, 0.1) is 17.6 Å². The SMILES string of the molecule is O=C(C1CC1)N1CCc2[nH]cnc2C12CCN(Cc1cccc(Cl)c1)CC2. The summed E-state index contributed by atoms with van der Waals surface area (Å²) in [6.07, 6.45) is 6.70. The number of hydrogen-bond acceptors (Lipinski definition) is 3. The fourth-order valence-electron chi connectivity index (χ4n) is 4.83. The van der Waals surface area contributed by atoms with Crippen molar-refractivity contribution < 1.29 is 4.79 Å². The molecule has 1 aromatic carbocycles. The highest BCUT2D eigenvalue weighted by molar-refractivity contribution is 6.30. The van der Waals surface area contributed by atoms with Crippen LogP contribution in [0.2, 0.25) is 5.02 Å². The van der Waals surface area contributed by atoms with E-state index in [-0.39, 0.29) is 11.5 Å². The molecule has 27 heavy (non-hydrogen) atoms. The Morgan fingerprint density at radius 3 is 2.81 bits per heavy atom. The summed E-state index contributed by atoms with van der Waals surface area (Å²) in [6.45, 7) is 3.65. The third-order valence-corrected chi connectivity index (χ3v) is 6.67. The minimum atomic E-state index is -0.224. The lowest BCUT2D eigenvalue weighted by Gasteiger charge is -2.50. The number of aromatic amines is 1. The van der Waals surface area contributed by atoms with Crippen LogP contribution in [0.5, 0.6) is 0 Å². The Morgan fingerprint density at radius 1 is 1.26 bits per heavy atom. The van der Waals surface area contributed by atoms with Crippen LogP contribution in [-0.2, 0) is 23.3 Å². The van der Waals surface area contributed by atoms with E-state index in [0.29, 0.717) is 5.91 Å². The predicted molar refractivity (Wildman–Crippen MR) is 104 cm³/mol. The first kappa shape index (κ1) is 17.3. The number of likely N-dealkylation sites (tertiary alicyclic amines) is 1. The molecule has 1 saturated carbocycles. The minimum Gasteiger partial charge on any atom is -0.348 e.